The molecule has 3 aromatic rings. The molecule has 3 heterocycles. The fourth-order valence-electron chi connectivity index (χ4n) is 2.96. The average molecular weight is 376 g/mol. The van der Waals surface area contributed by atoms with Gasteiger partial charge >= 0.3 is 0 Å². The highest BCUT2D eigenvalue weighted by Crippen LogP contribution is 2.16. The second-order valence-corrected chi connectivity index (χ2v) is 6.40. The summed E-state index contributed by atoms with van der Waals surface area (Å²) < 4.78 is 6.66. The maximum absolute atomic E-state index is 12.6. The van der Waals surface area contributed by atoms with Crippen molar-refractivity contribution in [1.29, 1.82) is 0 Å². The highest BCUT2D eigenvalue weighted by Gasteiger charge is 2.12. The molecule has 1 aliphatic rings. The summed E-state index contributed by atoms with van der Waals surface area (Å²) in [6.07, 6.45) is 4.93. The van der Waals surface area contributed by atoms with E-state index in [1.807, 2.05) is 12.1 Å². The number of ether oxygens (including phenoxy) is 1. The van der Waals surface area contributed by atoms with Gasteiger partial charge in [-0.2, -0.15) is 9.78 Å². The molecule has 1 saturated heterocycles. The van der Waals surface area contributed by atoms with Crippen molar-refractivity contribution in [3.05, 3.63) is 70.4 Å². The first-order valence-electron chi connectivity index (χ1n) is 9.06. The summed E-state index contributed by atoms with van der Waals surface area (Å²) in [5.74, 6) is 0.374. The Balaban J connectivity index is 1.62. The van der Waals surface area contributed by atoms with Gasteiger partial charge in [0.25, 0.3) is 5.56 Å². The summed E-state index contributed by atoms with van der Waals surface area (Å²) in [5, 5.41) is 12.5. The van der Waals surface area contributed by atoms with Gasteiger partial charge in [0.1, 0.15) is 5.69 Å². The molecule has 0 aliphatic carbocycles. The van der Waals surface area contributed by atoms with Crippen LogP contribution in [0.5, 0.6) is 0 Å². The molecule has 0 unspecified atom stereocenters. The molecule has 0 spiro atoms. The Bertz CT molecular complexity index is 1020. The van der Waals surface area contributed by atoms with Gasteiger partial charge in [0.05, 0.1) is 19.4 Å². The molecule has 4 rings (SSSR count). The van der Waals surface area contributed by atoms with Gasteiger partial charge in [0.15, 0.2) is 5.82 Å². The van der Waals surface area contributed by atoms with E-state index >= 15 is 0 Å². The standard InChI is InChI=1S/C20H20N6O2/c1-15-20(27)26(19(24-23-15)17-6-8-21-9-7-17)22-14-16-2-4-18(5-3-16)25-10-12-28-13-11-25/h2-9,14H,10-13H2,1H3. The number of aryl methyl sites for hydroxylation is 1. The Labute approximate surface area is 162 Å². The SMILES string of the molecule is Cc1nnc(-c2ccncc2)n(N=Cc2ccc(N3CCOCC3)cc2)c1=O. The number of hydrogen-bond donors (Lipinski definition) is 0. The number of nitrogens with zero attached hydrogens (tertiary/aromatic N) is 6. The van der Waals surface area contributed by atoms with Crippen LogP contribution in [-0.4, -0.2) is 52.4 Å². The zero-order chi connectivity index (χ0) is 19.3. The number of hydrogen-bond acceptors (Lipinski definition) is 7. The van der Waals surface area contributed by atoms with E-state index in [-0.39, 0.29) is 11.3 Å². The number of benzene rings is 1. The molecule has 8 nitrogen and oxygen atoms in total. The Morgan fingerprint density at radius 3 is 2.46 bits per heavy atom. The van der Waals surface area contributed by atoms with E-state index in [0.717, 1.165) is 43.1 Å². The second-order valence-electron chi connectivity index (χ2n) is 6.40. The Morgan fingerprint density at radius 2 is 1.75 bits per heavy atom. The van der Waals surface area contributed by atoms with Crippen LogP contribution in [0.1, 0.15) is 11.3 Å². The molecule has 142 valence electrons. The first-order chi connectivity index (χ1) is 13.7. The van der Waals surface area contributed by atoms with Crippen molar-refractivity contribution in [2.24, 2.45) is 5.10 Å². The summed E-state index contributed by atoms with van der Waals surface area (Å²) in [6, 6.07) is 11.6. The Morgan fingerprint density at radius 1 is 1.04 bits per heavy atom. The van der Waals surface area contributed by atoms with Gasteiger partial charge in [0, 0.05) is 36.7 Å². The highest BCUT2D eigenvalue weighted by molar-refractivity contribution is 5.80. The number of rotatable bonds is 4. The van der Waals surface area contributed by atoms with Crippen molar-refractivity contribution in [3.63, 3.8) is 0 Å². The first-order valence-corrected chi connectivity index (χ1v) is 9.06. The van der Waals surface area contributed by atoms with Crippen LogP contribution < -0.4 is 10.5 Å². The molecular weight excluding hydrogens is 356 g/mol. The lowest BCUT2D eigenvalue weighted by Crippen LogP contribution is -2.36. The van der Waals surface area contributed by atoms with Crippen LogP contribution in [0, 0.1) is 6.92 Å². The lowest BCUT2D eigenvalue weighted by atomic mass is 10.2. The topological polar surface area (TPSA) is 85.5 Å². The summed E-state index contributed by atoms with van der Waals surface area (Å²) in [5.41, 5.74) is 2.75. The molecule has 1 aliphatic heterocycles. The van der Waals surface area contributed by atoms with Crippen LogP contribution in [-0.2, 0) is 4.74 Å². The largest absolute Gasteiger partial charge is 0.378 e. The number of aromatic nitrogens is 4. The summed E-state index contributed by atoms with van der Waals surface area (Å²) >= 11 is 0. The van der Waals surface area contributed by atoms with Crippen molar-refractivity contribution in [2.45, 2.75) is 6.92 Å². The fraction of sp³-hybridized carbons (Fsp3) is 0.250. The molecule has 0 radical (unpaired) electrons. The van der Waals surface area contributed by atoms with E-state index in [4.69, 9.17) is 4.74 Å². The maximum atomic E-state index is 12.6. The van der Waals surface area contributed by atoms with Gasteiger partial charge in [0.2, 0.25) is 0 Å². The Hall–Kier alpha value is -3.39. The molecule has 0 N–H and O–H groups in total. The Kier molecular flexibility index (Phi) is 5.20. The lowest BCUT2D eigenvalue weighted by molar-refractivity contribution is 0.122. The van der Waals surface area contributed by atoms with Crippen molar-refractivity contribution < 1.29 is 4.74 Å². The van der Waals surface area contributed by atoms with Crippen LogP contribution in [0.3, 0.4) is 0 Å². The first kappa shape index (κ1) is 18.0. The molecule has 8 heteroatoms. The van der Waals surface area contributed by atoms with Crippen LogP contribution in [0.2, 0.25) is 0 Å². The summed E-state index contributed by atoms with van der Waals surface area (Å²) in [7, 11) is 0. The van der Waals surface area contributed by atoms with Gasteiger partial charge in [-0.1, -0.05) is 12.1 Å². The predicted octanol–water partition coefficient (Wildman–Crippen LogP) is 1.73. The molecule has 1 fully saturated rings. The van der Waals surface area contributed by atoms with Gasteiger partial charge in [-0.3, -0.25) is 9.78 Å². The van der Waals surface area contributed by atoms with Crippen molar-refractivity contribution in [3.8, 4) is 11.4 Å². The van der Waals surface area contributed by atoms with Crippen LogP contribution in [0.25, 0.3) is 11.4 Å². The third-order valence-electron chi connectivity index (χ3n) is 4.53. The van der Waals surface area contributed by atoms with Crippen LogP contribution >= 0.6 is 0 Å². The minimum atomic E-state index is -0.303. The molecule has 28 heavy (non-hydrogen) atoms. The minimum Gasteiger partial charge on any atom is -0.378 e. The van der Waals surface area contributed by atoms with E-state index in [1.54, 1.807) is 37.7 Å². The van der Waals surface area contributed by atoms with E-state index in [9.17, 15) is 4.79 Å². The van der Waals surface area contributed by atoms with Gasteiger partial charge < -0.3 is 9.64 Å². The summed E-state index contributed by atoms with van der Waals surface area (Å²) in [4.78, 5) is 18.8. The van der Waals surface area contributed by atoms with Crippen molar-refractivity contribution in [1.82, 2.24) is 19.9 Å². The van der Waals surface area contributed by atoms with Gasteiger partial charge in [-0.05, 0) is 36.8 Å². The summed E-state index contributed by atoms with van der Waals surface area (Å²) in [6.45, 7) is 4.89. The molecule has 1 aromatic carbocycles. The molecule has 0 atom stereocenters. The van der Waals surface area contributed by atoms with Crippen LogP contribution in [0.15, 0.2) is 58.7 Å². The zero-order valence-electron chi connectivity index (χ0n) is 15.5. The van der Waals surface area contributed by atoms with E-state index in [0.29, 0.717) is 5.82 Å². The molecule has 0 saturated carbocycles. The normalized spacial score (nSPS) is 14.5. The second kappa shape index (κ2) is 8.10. The van der Waals surface area contributed by atoms with Crippen molar-refractivity contribution in [2.75, 3.05) is 31.2 Å². The molecular formula is C20H20N6O2. The third-order valence-corrected chi connectivity index (χ3v) is 4.53. The zero-order valence-corrected chi connectivity index (χ0v) is 15.5. The number of anilines is 1. The lowest BCUT2D eigenvalue weighted by Gasteiger charge is -2.28. The third kappa shape index (κ3) is 3.81. The smallest absolute Gasteiger partial charge is 0.296 e. The van der Waals surface area contributed by atoms with E-state index < -0.39 is 0 Å². The fourth-order valence-corrected chi connectivity index (χ4v) is 2.96. The van der Waals surface area contributed by atoms with Crippen molar-refractivity contribution >= 4 is 11.9 Å². The van der Waals surface area contributed by atoms with Gasteiger partial charge in [-0.15, -0.1) is 10.2 Å². The highest BCUT2D eigenvalue weighted by atomic mass is 16.5. The predicted molar refractivity (Wildman–Crippen MR) is 107 cm³/mol. The van der Waals surface area contributed by atoms with E-state index in [1.165, 1.54) is 4.68 Å². The van der Waals surface area contributed by atoms with E-state index in [2.05, 4.69) is 37.3 Å². The minimum absolute atomic E-state index is 0.289. The van der Waals surface area contributed by atoms with Gasteiger partial charge in [-0.25, -0.2) is 0 Å². The number of pyridine rings is 1. The molecule has 0 bridgehead atoms. The monoisotopic (exact) mass is 376 g/mol. The average Bonchev–Trinajstić information content (AvgIpc) is 2.76. The number of morpholine rings is 1. The maximum Gasteiger partial charge on any atom is 0.296 e. The van der Waals surface area contributed by atoms with Crippen LogP contribution in [0.4, 0.5) is 5.69 Å². The quantitative estimate of drug-likeness (QED) is 0.645. The molecule has 2 aromatic heterocycles. The molecule has 0 amide bonds.